The van der Waals surface area contributed by atoms with Gasteiger partial charge in [-0.05, 0) is 45.1 Å². The molecule has 0 spiro atoms. The van der Waals surface area contributed by atoms with E-state index in [0.717, 1.165) is 5.01 Å². The van der Waals surface area contributed by atoms with Gasteiger partial charge in [0.05, 0.1) is 5.01 Å². The molecule has 1 amide bonds. The lowest BCUT2D eigenvalue weighted by molar-refractivity contribution is 0.0635. The van der Waals surface area contributed by atoms with Crippen LogP contribution in [0.5, 0.6) is 0 Å². The van der Waals surface area contributed by atoms with Crippen LogP contribution in [0.3, 0.4) is 0 Å². The van der Waals surface area contributed by atoms with Crippen molar-refractivity contribution in [1.29, 1.82) is 0 Å². The number of hydrogen-bond acceptors (Lipinski definition) is 5. The van der Waals surface area contributed by atoms with Gasteiger partial charge in [0.25, 0.3) is 0 Å². The van der Waals surface area contributed by atoms with E-state index in [9.17, 15) is 4.79 Å². The fourth-order valence-corrected chi connectivity index (χ4v) is 3.91. The minimum atomic E-state index is -0.483. The second-order valence-corrected chi connectivity index (χ2v) is 7.70. The first kappa shape index (κ1) is 14.7. The zero-order chi connectivity index (χ0) is 13.9. The van der Waals surface area contributed by atoms with Crippen molar-refractivity contribution < 1.29 is 9.53 Å². The highest BCUT2D eigenvalue weighted by molar-refractivity contribution is 7.99. The lowest BCUT2D eigenvalue weighted by atomic mass is 10.0. The summed E-state index contributed by atoms with van der Waals surface area (Å²) in [6.07, 6.45) is 1.93. The molecule has 19 heavy (non-hydrogen) atoms. The number of thioether (sulfide) groups is 1. The van der Waals surface area contributed by atoms with Crippen molar-refractivity contribution in [2.75, 3.05) is 16.8 Å². The minimum Gasteiger partial charge on any atom is -0.444 e. The number of rotatable bonds is 2. The summed E-state index contributed by atoms with van der Waals surface area (Å²) in [7, 11) is 0. The van der Waals surface area contributed by atoms with Gasteiger partial charge in [0, 0.05) is 11.3 Å². The van der Waals surface area contributed by atoms with Crippen LogP contribution in [0.2, 0.25) is 0 Å². The molecule has 2 rings (SSSR count). The van der Waals surface area contributed by atoms with Crippen molar-refractivity contribution in [3.63, 3.8) is 0 Å². The van der Waals surface area contributed by atoms with E-state index in [1.165, 1.54) is 24.3 Å². The Hall–Kier alpha value is -0.750. The Morgan fingerprint density at radius 3 is 2.74 bits per heavy atom. The average molecular weight is 300 g/mol. The molecule has 1 N–H and O–H groups in total. The molecule has 1 fully saturated rings. The lowest BCUT2D eigenvalue weighted by Crippen LogP contribution is -2.27. The van der Waals surface area contributed by atoms with Crippen LogP contribution in [0.4, 0.5) is 10.6 Å². The molecule has 1 saturated heterocycles. The third-order valence-corrected chi connectivity index (χ3v) is 4.78. The molecule has 4 nitrogen and oxygen atoms in total. The number of carbonyl (C=O) groups is 1. The number of hydrogen-bond donors (Lipinski definition) is 1. The van der Waals surface area contributed by atoms with Gasteiger partial charge in [0.1, 0.15) is 11.4 Å². The topological polar surface area (TPSA) is 51.2 Å². The van der Waals surface area contributed by atoms with Gasteiger partial charge < -0.3 is 4.74 Å². The zero-order valence-electron chi connectivity index (χ0n) is 11.6. The predicted octanol–water partition coefficient (Wildman–Crippen LogP) is 4.10. The highest BCUT2D eigenvalue weighted by Crippen LogP contribution is 2.34. The van der Waals surface area contributed by atoms with E-state index in [-0.39, 0.29) is 0 Å². The molecule has 0 saturated carbocycles. The van der Waals surface area contributed by atoms with E-state index < -0.39 is 11.7 Å². The molecular weight excluding hydrogens is 280 g/mol. The van der Waals surface area contributed by atoms with Gasteiger partial charge in [-0.3, -0.25) is 5.32 Å². The number of nitrogens with one attached hydrogen (secondary N) is 1. The van der Waals surface area contributed by atoms with E-state index in [4.69, 9.17) is 4.74 Å². The Morgan fingerprint density at radius 1 is 1.42 bits per heavy atom. The smallest absolute Gasteiger partial charge is 0.413 e. The largest absolute Gasteiger partial charge is 0.444 e. The first-order valence-electron chi connectivity index (χ1n) is 6.47. The van der Waals surface area contributed by atoms with Crippen LogP contribution in [-0.2, 0) is 4.74 Å². The molecule has 0 radical (unpaired) electrons. The van der Waals surface area contributed by atoms with Crippen molar-refractivity contribution in [2.45, 2.75) is 45.1 Å². The van der Waals surface area contributed by atoms with Gasteiger partial charge in [0.2, 0.25) is 0 Å². The molecule has 0 aliphatic carbocycles. The molecule has 1 aliphatic rings. The zero-order valence-corrected chi connectivity index (χ0v) is 13.2. The standard InChI is InChI=1S/C13H20N2O2S2/c1-13(2,3)17-12(16)15-10-8-19-11(14-10)9-4-6-18-7-5-9/h8-9H,4-7H2,1-3H3,(H,15,16). The number of ether oxygens (including phenoxy) is 1. The highest BCUT2D eigenvalue weighted by Gasteiger charge is 2.20. The van der Waals surface area contributed by atoms with E-state index in [0.29, 0.717) is 11.7 Å². The molecule has 1 aliphatic heterocycles. The number of anilines is 1. The van der Waals surface area contributed by atoms with Gasteiger partial charge >= 0.3 is 6.09 Å². The van der Waals surface area contributed by atoms with E-state index in [2.05, 4.69) is 10.3 Å². The number of aromatic nitrogens is 1. The van der Waals surface area contributed by atoms with Crippen LogP contribution in [-0.4, -0.2) is 28.2 Å². The summed E-state index contributed by atoms with van der Waals surface area (Å²) >= 11 is 3.63. The Bertz CT molecular complexity index is 434. The molecule has 2 heterocycles. The fourth-order valence-electron chi connectivity index (χ4n) is 1.89. The summed E-state index contributed by atoms with van der Waals surface area (Å²) in [5.41, 5.74) is -0.483. The lowest BCUT2D eigenvalue weighted by Gasteiger charge is -2.19. The SMILES string of the molecule is CC(C)(C)OC(=O)Nc1csc(C2CCSCC2)n1. The third-order valence-electron chi connectivity index (χ3n) is 2.72. The Morgan fingerprint density at radius 2 is 2.11 bits per heavy atom. The molecule has 0 bridgehead atoms. The minimum absolute atomic E-state index is 0.441. The third kappa shape index (κ3) is 4.69. The fraction of sp³-hybridized carbons (Fsp3) is 0.692. The second-order valence-electron chi connectivity index (χ2n) is 5.58. The summed E-state index contributed by atoms with van der Waals surface area (Å²) in [6, 6.07) is 0. The van der Waals surface area contributed by atoms with Crippen LogP contribution in [0.1, 0.15) is 44.5 Å². The van der Waals surface area contributed by atoms with Crippen LogP contribution >= 0.6 is 23.1 Å². The Balaban J connectivity index is 1.91. The van der Waals surface area contributed by atoms with E-state index in [1.54, 1.807) is 11.3 Å². The molecule has 6 heteroatoms. The van der Waals surface area contributed by atoms with Crippen LogP contribution in [0.25, 0.3) is 0 Å². The van der Waals surface area contributed by atoms with E-state index >= 15 is 0 Å². The van der Waals surface area contributed by atoms with Gasteiger partial charge in [-0.25, -0.2) is 9.78 Å². The van der Waals surface area contributed by atoms with Crippen LogP contribution < -0.4 is 5.32 Å². The van der Waals surface area contributed by atoms with Gasteiger partial charge in [-0.1, -0.05) is 0 Å². The van der Waals surface area contributed by atoms with Crippen molar-refractivity contribution >= 4 is 35.0 Å². The summed E-state index contributed by atoms with van der Waals surface area (Å²) in [6.45, 7) is 5.54. The first-order valence-corrected chi connectivity index (χ1v) is 8.50. The summed E-state index contributed by atoms with van der Waals surface area (Å²) in [4.78, 5) is 16.1. The van der Waals surface area contributed by atoms with Gasteiger partial charge in [-0.2, -0.15) is 11.8 Å². The van der Waals surface area contributed by atoms with Crippen molar-refractivity contribution in [3.8, 4) is 0 Å². The summed E-state index contributed by atoms with van der Waals surface area (Å²) in [5, 5.41) is 5.71. The normalized spacial score (nSPS) is 17.2. The van der Waals surface area contributed by atoms with Gasteiger partial charge in [-0.15, -0.1) is 11.3 Å². The Kier molecular flexibility index (Phi) is 4.73. The quantitative estimate of drug-likeness (QED) is 0.893. The average Bonchev–Trinajstić information content (AvgIpc) is 2.76. The molecule has 0 aromatic carbocycles. The van der Waals surface area contributed by atoms with Crippen LogP contribution in [0, 0.1) is 0 Å². The molecular formula is C13H20N2O2S2. The molecule has 1 aromatic rings. The summed E-state index contributed by atoms with van der Waals surface area (Å²) in [5.74, 6) is 3.57. The number of carbonyl (C=O) groups excluding carboxylic acids is 1. The monoisotopic (exact) mass is 300 g/mol. The molecule has 1 aromatic heterocycles. The molecule has 106 valence electrons. The maximum atomic E-state index is 11.6. The Labute approximate surface area is 122 Å². The van der Waals surface area contributed by atoms with Crippen molar-refractivity contribution in [3.05, 3.63) is 10.4 Å². The highest BCUT2D eigenvalue weighted by atomic mass is 32.2. The maximum absolute atomic E-state index is 11.6. The number of amides is 1. The number of thiazole rings is 1. The van der Waals surface area contributed by atoms with Crippen molar-refractivity contribution in [1.82, 2.24) is 4.98 Å². The second kappa shape index (κ2) is 6.13. The summed E-state index contributed by atoms with van der Waals surface area (Å²) < 4.78 is 5.21. The van der Waals surface area contributed by atoms with Crippen molar-refractivity contribution in [2.24, 2.45) is 0 Å². The van der Waals surface area contributed by atoms with Crippen LogP contribution in [0.15, 0.2) is 5.38 Å². The van der Waals surface area contributed by atoms with Gasteiger partial charge in [0.15, 0.2) is 0 Å². The molecule has 0 atom stereocenters. The predicted molar refractivity (Wildman–Crippen MR) is 81.3 cm³/mol. The molecule has 0 unspecified atom stereocenters. The number of nitrogens with zero attached hydrogens (tertiary/aromatic N) is 1. The maximum Gasteiger partial charge on any atom is 0.413 e. The van der Waals surface area contributed by atoms with E-state index in [1.807, 2.05) is 37.9 Å². The first-order chi connectivity index (χ1) is 8.94.